The summed E-state index contributed by atoms with van der Waals surface area (Å²) in [7, 11) is 1.77. The number of likely N-dealkylation sites (tertiary alicyclic amines) is 1. The number of carboxylic acid groups (broad SMARTS) is 1. The monoisotopic (exact) mass is 270 g/mol. The molecular formula is C14H26N2O3. The number of likely N-dealkylation sites (N-methyl/N-ethyl adjacent to an activating group) is 1. The highest BCUT2D eigenvalue weighted by atomic mass is 16.5. The Morgan fingerprint density at radius 2 is 2.32 bits per heavy atom. The van der Waals surface area contributed by atoms with Gasteiger partial charge in [-0.2, -0.15) is 0 Å². The fourth-order valence-corrected chi connectivity index (χ4v) is 3.59. The third kappa shape index (κ3) is 3.09. The summed E-state index contributed by atoms with van der Waals surface area (Å²) in [6.45, 7) is 4.70. The Bertz CT molecular complexity index is 324. The Balaban J connectivity index is 1.98. The van der Waals surface area contributed by atoms with Gasteiger partial charge in [-0.3, -0.25) is 9.69 Å². The molecule has 0 spiro atoms. The molecule has 0 aromatic rings. The second-order valence-corrected chi connectivity index (χ2v) is 5.81. The molecular weight excluding hydrogens is 244 g/mol. The molecule has 3 unspecified atom stereocenters. The Kier molecular flexibility index (Phi) is 4.81. The van der Waals surface area contributed by atoms with Crippen LogP contribution in [-0.2, 0) is 9.53 Å². The number of carboxylic acids is 1. The van der Waals surface area contributed by atoms with Crippen LogP contribution >= 0.6 is 0 Å². The van der Waals surface area contributed by atoms with E-state index in [0.29, 0.717) is 25.1 Å². The first-order chi connectivity index (χ1) is 9.11. The van der Waals surface area contributed by atoms with Crippen molar-refractivity contribution in [3.05, 3.63) is 0 Å². The van der Waals surface area contributed by atoms with Crippen LogP contribution < -0.4 is 5.32 Å². The quantitative estimate of drug-likeness (QED) is 0.783. The van der Waals surface area contributed by atoms with Crippen LogP contribution in [0.4, 0.5) is 0 Å². The van der Waals surface area contributed by atoms with Gasteiger partial charge in [0.2, 0.25) is 0 Å². The van der Waals surface area contributed by atoms with Crippen LogP contribution in [0.2, 0.25) is 0 Å². The summed E-state index contributed by atoms with van der Waals surface area (Å²) in [5, 5.41) is 12.7. The van der Waals surface area contributed by atoms with Gasteiger partial charge in [0.05, 0.1) is 6.10 Å². The van der Waals surface area contributed by atoms with Gasteiger partial charge in [-0.1, -0.05) is 6.92 Å². The van der Waals surface area contributed by atoms with Crippen molar-refractivity contribution < 1.29 is 14.6 Å². The third-order valence-electron chi connectivity index (χ3n) is 4.67. The van der Waals surface area contributed by atoms with Crippen LogP contribution in [0, 0.1) is 0 Å². The van der Waals surface area contributed by atoms with Gasteiger partial charge in [0.15, 0.2) is 0 Å². The molecule has 110 valence electrons. The summed E-state index contributed by atoms with van der Waals surface area (Å²) < 4.78 is 5.45. The zero-order chi connectivity index (χ0) is 13.9. The maximum Gasteiger partial charge on any atom is 0.323 e. The summed E-state index contributed by atoms with van der Waals surface area (Å²) in [6, 6.07) is 0.382. The lowest BCUT2D eigenvalue weighted by Gasteiger charge is -2.37. The number of nitrogens with zero attached hydrogens (tertiary/aromatic N) is 1. The molecule has 0 bridgehead atoms. The van der Waals surface area contributed by atoms with Gasteiger partial charge in [0.25, 0.3) is 0 Å². The van der Waals surface area contributed by atoms with Crippen molar-refractivity contribution in [1.29, 1.82) is 0 Å². The summed E-state index contributed by atoms with van der Waals surface area (Å²) in [5.74, 6) is -0.697. The minimum absolute atomic E-state index is 0.313. The van der Waals surface area contributed by atoms with E-state index in [1.54, 1.807) is 7.11 Å². The number of hydrogen-bond acceptors (Lipinski definition) is 4. The third-order valence-corrected chi connectivity index (χ3v) is 4.67. The zero-order valence-corrected chi connectivity index (χ0v) is 12.0. The second-order valence-electron chi connectivity index (χ2n) is 5.81. The molecule has 3 atom stereocenters. The molecule has 1 aliphatic heterocycles. The van der Waals surface area contributed by atoms with Gasteiger partial charge >= 0.3 is 5.97 Å². The molecule has 19 heavy (non-hydrogen) atoms. The van der Waals surface area contributed by atoms with Gasteiger partial charge in [-0.05, 0) is 45.2 Å². The van der Waals surface area contributed by atoms with Crippen molar-refractivity contribution in [3.8, 4) is 0 Å². The van der Waals surface area contributed by atoms with Gasteiger partial charge in [-0.25, -0.2) is 0 Å². The van der Waals surface area contributed by atoms with E-state index in [1.165, 1.54) is 0 Å². The predicted octanol–water partition coefficient (Wildman–Crippen LogP) is 1.08. The average molecular weight is 270 g/mol. The smallest absolute Gasteiger partial charge is 0.323 e. The van der Waals surface area contributed by atoms with Crippen molar-refractivity contribution in [2.24, 2.45) is 0 Å². The summed E-state index contributed by atoms with van der Waals surface area (Å²) in [5.41, 5.74) is -0.709. The van der Waals surface area contributed by atoms with E-state index in [2.05, 4.69) is 10.2 Å². The summed E-state index contributed by atoms with van der Waals surface area (Å²) in [4.78, 5) is 14.0. The van der Waals surface area contributed by atoms with Crippen molar-refractivity contribution >= 4 is 5.97 Å². The Morgan fingerprint density at radius 3 is 2.95 bits per heavy atom. The Labute approximate surface area is 115 Å². The second kappa shape index (κ2) is 6.20. The molecule has 0 aromatic heterocycles. The summed E-state index contributed by atoms with van der Waals surface area (Å²) >= 11 is 0. The van der Waals surface area contributed by atoms with Crippen LogP contribution in [0.5, 0.6) is 0 Å². The SMILES string of the molecule is CCNC1(C(=O)O)CCC(N2CCCC(OC)C2)C1. The molecule has 1 saturated heterocycles. The van der Waals surface area contributed by atoms with E-state index in [-0.39, 0.29) is 0 Å². The standard InChI is InChI=1S/C14H26N2O3/c1-3-15-14(13(17)18)7-6-11(9-14)16-8-4-5-12(10-16)19-2/h11-12,15H,3-10H2,1-2H3,(H,17,18). The maximum absolute atomic E-state index is 11.6. The summed E-state index contributed by atoms with van der Waals surface area (Å²) in [6.07, 6.45) is 5.00. The van der Waals surface area contributed by atoms with Crippen molar-refractivity contribution in [3.63, 3.8) is 0 Å². The molecule has 1 saturated carbocycles. The molecule has 0 radical (unpaired) electrons. The molecule has 2 N–H and O–H groups in total. The van der Waals surface area contributed by atoms with E-state index in [9.17, 15) is 9.90 Å². The number of methoxy groups -OCH3 is 1. The van der Waals surface area contributed by atoms with Gasteiger partial charge in [-0.15, -0.1) is 0 Å². The van der Waals surface area contributed by atoms with E-state index < -0.39 is 11.5 Å². The first-order valence-electron chi connectivity index (χ1n) is 7.36. The van der Waals surface area contributed by atoms with E-state index >= 15 is 0 Å². The van der Waals surface area contributed by atoms with Crippen molar-refractivity contribution in [1.82, 2.24) is 10.2 Å². The fraction of sp³-hybridized carbons (Fsp3) is 0.929. The normalized spacial score (nSPS) is 36.5. The maximum atomic E-state index is 11.6. The van der Waals surface area contributed by atoms with Crippen molar-refractivity contribution in [2.45, 2.75) is 56.7 Å². The van der Waals surface area contributed by atoms with Crippen LogP contribution in [0.25, 0.3) is 0 Å². The Hall–Kier alpha value is -0.650. The van der Waals surface area contributed by atoms with Gasteiger partial charge in [0, 0.05) is 19.7 Å². The number of carbonyl (C=O) groups is 1. The molecule has 5 nitrogen and oxygen atoms in total. The molecule has 5 heteroatoms. The molecule has 2 rings (SSSR count). The highest BCUT2D eigenvalue weighted by molar-refractivity contribution is 5.79. The molecule has 2 aliphatic rings. The topological polar surface area (TPSA) is 61.8 Å². The minimum atomic E-state index is -0.709. The fourth-order valence-electron chi connectivity index (χ4n) is 3.59. The van der Waals surface area contributed by atoms with Crippen LogP contribution in [0.1, 0.15) is 39.0 Å². The largest absolute Gasteiger partial charge is 0.480 e. The highest BCUT2D eigenvalue weighted by Gasteiger charge is 2.46. The van der Waals surface area contributed by atoms with E-state index in [1.807, 2.05) is 6.92 Å². The number of aliphatic carboxylic acids is 1. The number of nitrogens with one attached hydrogen (secondary N) is 1. The van der Waals surface area contributed by atoms with E-state index in [4.69, 9.17) is 4.74 Å². The lowest BCUT2D eigenvalue weighted by Crippen LogP contribution is -2.52. The first-order valence-corrected chi connectivity index (χ1v) is 7.36. The number of ether oxygens (including phenoxy) is 1. The van der Waals surface area contributed by atoms with Gasteiger partial charge in [0.1, 0.15) is 5.54 Å². The van der Waals surface area contributed by atoms with E-state index in [0.717, 1.165) is 38.8 Å². The van der Waals surface area contributed by atoms with Crippen LogP contribution in [0.15, 0.2) is 0 Å². The first kappa shape index (κ1) is 14.8. The molecule has 0 amide bonds. The Morgan fingerprint density at radius 1 is 1.53 bits per heavy atom. The predicted molar refractivity (Wildman–Crippen MR) is 73.3 cm³/mol. The molecule has 2 fully saturated rings. The van der Waals surface area contributed by atoms with Gasteiger partial charge < -0.3 is 15.2 Å². The highest BCUT2D eigenvalue weighted by Crippen LogP contribution is 2.34. The molecule has 1 aliphatic carbocycles. The van der Waals surface area contributed by atoms with Crippen molar-refractivity contribution in [2.75, 3.05) is 26.7 Å². The lowest BCUT2D eigenvalue weighted by atomic mass is 9.96. The number of piperidine rings is 1. The lowest BCUT2D eigenvalue weighted by molar-refractivity contribution is -0.144. The zero-order valence-electron chi connectivity index (χ0n) is 12.0. The average Bonchev–Trinajstić information content (AvgIpc) is 2.85. The number of rotatable bonds is 5. The molecule has 0 aromatic carbocycles. The van der Waals surface area contributed by atoms with Crippen LogP contribution in [0.3, 0.4) is 0 Å². The van der Waals surface area contributed by atoms with Crippen LogP contribution in [-0.4, -0.2) is 60.4 Å². The number of hydrogen-bond donors (Lipinski definition) is 2. The minimum Gasteiger partial charge on any atom is -0.480 e. The molecule has 1 heterocycles.